The molecule has 23 heavy (non-hydrogen) atoms. The highest BCUT2D eigenvalue weighted by Crippen LogP contribution is 2.25. The summed E-state index contributed by atoms with van der Waals surface area (Å²) in [5.41, 5.74) is 8.22. The summed E-state index contributed by atoms with van der Waals surface area (Å²) in [5.74, 6) is 0.326. The van der Waals surface area contributed by atoms with Gasteiger partial charge in [0.15, 0.2) is 5.13 Å². The van der Waals surface area contributed by atoms with Gasteiger partial charge in [-0.05, 0) is 12.0 Å². The third kappa shape index (κ3) is 5.69. The van der Waals surface area contributed by atoms with E-state index in [0.717, 1.165) is 17.7 Å². The Labute approximate surface area is 143 Å². The average Bonchev–Trinajstić information content (AvgIpc) is 3.00. The van der Waals surface area contributed by atoms with Crippen molar-refractivity contribution < 1.29 is 9.59 Å². The number of carbonyl (C=O) groups is 2. The van der Waals surface area contributed by atoms with E-state index in [1.54, 1.807) is 0 Å². The minimum Gasteiger partial charge on any atom is -0.369 e. The van der Waals surface area contributed by atoms with Gasteiger partial charge in [0.05, 0.1) is 11.4 Å². The fourth-order valence-electron chi connectivity index (χ4n) is 1.89. The van der Waals surface area contributed by atoms with E-state index < -0.39 is 0 Å². The van der Waals surface area contributed by atoms with Crippen molar-refractivity contribution in [3.05, 3.63) is 35.2 Å². The lowest BCUT2D eigenvalue weighted by atomic mass is 10.1. The van der Waals surface area contributed by atoms with Gasteiger partial charge < -0.3 is 11.1 Å². The van der Waals surface area contributed by atoms with Crippen LogP contribution in [0.1, 0.15) is 18.9 Å². The molecule has 122 valence electrons. The molecule has 2 rings (SSSR count). The number of aryl methyl sites for hydroxylation is 1. The fraction of sp³-hybridized carbons (Fsp3) is 0.312. The van der Waals surface area contributed by atoms with E-state index in [9.17, 15) is 9.59 Å². The zero-order valence-electron chi connectivity index (χ0n) is 12.9. The molecule has 7 heteroatoms. The molecule has 0 fully saturated rings. The number of thioether (sulfide) groups is 1. The van der Waals surface area contributed by atoms with Crippen LogP contribution in [0, 0.1) is 0 Å². The number of aromatic nitrogens is 1. The standard InChI is InChI=1S/C16H19N3O2S2/c1-2-11-3-5-12(6-4-11)13-9-23-16(18-13)19-15(21)7-8-22-10-14(17)20/h3-6,9H,2,7-8,10H2,1H3,(H2,17,20)(H,18,19,21). The van der Waals surface area contributed by atoms with Crippen LogP contribution in [0.2, 0.25) is 0 Å². The summed E-state index contributed by atoms with van der Waals surface area (Å²) in [6.45, 7) is 2.12. The number of hydrogen-bond donors (Lipinski definition) is 2. The molecule has 2 aromatic rings. The number of benzene rings is 1. The number of amides is 2. The lowest BCUT2D eigenvalue weighted by molar-refractivity contribution is -0.116. The fourth-order valence-corrected chi connectivity index (χ4v) is 3.31. The van der Waals surface area contributed by atoms with Crippen molar-refractivity contribution in [2.75, 3.05) is 16.8 Å². The third-order valence-electron chi connectivity index (χ3n) is 3.13. The van der Waals surface area contributed by atoms with Crippen LogP contribution in [0.15, 0.2) is 29.6 Å². The Hall–Kier alpha value is -1.86. The Morgan fingerprint density at radius 1 is 1.30 bits per heavy atom. The molecule has 0 atom stereocenters. The van der Waals surface area contributed by atoms with E-state index in [4.69, 9.17) is 5.73 Å². The SMILES string of the molecule is CCc1ccc(-c2csc(NC(=O)CCSCC(N)=O)n2)cc1. The zero-order valence-corrected chi connectivity index (χ0v) is 14.5. The van der Waals surface area contributed by atoms with Gasteiger partial charge in [0.25, 0.3) is 0 Å². The number of carbonyl (C=O) groups excluding carboxylic acids is 2. The van der Waals surface area contributed by atoms with Crippen molar-refractivity contribution in [3.63, 3.8) is 0 Å². The van der Waals surface area contributed by atoms with Crippen molar-refractivity contribution in [1.29, 1.82) is 0 Å². The highest BCUT2D eigenvalue weighted by molar-refractivity contribution is 7.99. The lowest BCUT2D eigenvalue weighted by Gasteiger charge is -2.01. The first-order valence-electron chi connectivity index (χ1n) is 7.29. The summed E-state index contributed by atoms with van der Waals surface area (Å²) < 4.78 is 0. The molecule has 0 spiro atoms. The molecule has 0 aliphatic rings. The van der Waals surface area contributed by atoms with Crippen LogP contribution < -0.4 is 11.1 Å². The molecule has 1 aromatic carbocycles. The molecule has 0 saturated heterocycles. The molecule has 0 saturated carbocycles. The maximum Gasteiger partial charge on any atom is 0.227 e. The lowest BCUT2D eigenvalue weighted by Crippen LogP contribution is -2.15. The van der Waals surface area contributed by atoms with Crippen LogP contribution in [-0.4, -0.2) is 28.3 Å². The zero-order chi connectivity index (χ0) is 16.7. The van der Waals surface area contributed by atoms with E-state index in [0.29, 0.717) is 17.3 Å². The highest BCUT2D eigenvalue weighted by Gasteiger charge is 2.08. The Kier molecular flexibility index (Phi) is 6.61. The van der Waals surface area contributed by atoms with E-state index in [1.807, 2.05) is 17.5 Å². The summed E-state index contributed by atoms with van der Waals surface area (Å²) >= 11 is 2.76. The third-order valence-corrected chi connectivity index (χ3v) is 4.87. The van der Waals surface area contributed by atoms with E-state index >= 15 is 0 Å². The van der Waals surface area contributed by atoms with E-state index in [-0.39, 0.29) is 17.6 Å². The maximum atomic E-state index is 11.8. The van der Waals surface area contributed by atoms with Crippen LogP contribution in [0.4, 0.5) is 5.13 Å². The van der Waals surface area contributed by atoms with Gasteiger partial charge in [-0.15, -0.1) is 11.3 Å². The predicted octanol–water partition coefficient (Wildman–Crippen LogP) is 2.92. The first kappa shape index (κ1) is 17.5. The topological polar surface area (TPSA) is 85.1 Å². The second-order valence-electron chi connectivity index (χ2n) is 4.91. The van der Waals surface area contributed by atoms with Gasteiger partial charge in [-0.3, -0.25) is 9.59 Å². The van der Waals surface area contributed by atoms with Gasteiger partial charge in [0.2, 0.25) is 11.8 Å². The number of nitrogens with zero attached hydrogens (tertiary/aromatic N) is 1. The molecule has 1 aromatic heterocycles. The molecule has 0 bridgehead atoms. The van der Waals surface area contributed by atoms with Crippen LogP contribution >= 0.6 is 23.1 Å². The quantitative estimate of drug-likeness (QED) is 0.718. The Balaban J connectivity index is 1.86. The Morgan fingerprint density at radius 3 is 2.70 bits per heavy atom. The van der Waals surface area contributed by atoms with Gasteiger partial charge in [-0.25, -0.2) is 4.98 Å². The minimum absolute atomic E-state index is 0.107. The van der Waals surface area contributed by atoms with Crippen molar-refractivity contribution in [2.24, 2.45) is 5.73 Å². The van der Waals surface area contributed by atoms with Crippen LogP contribution in [-0.2, 0) is 16.0 Å². The number of nitrogens with two attached hydrogens (primary N) is 1. The van der Waals surface area contributed by atoms with Gasteiger partial charge in [0, 0.05) is 23.1 Å². The second kappa shape index (κ2) is 8.69. The normalized spacial score (nSPS) is 10.5. The molecule has 0 aliphatic carbocycles. The molecule has 3 N–H and O–H groups in total. The molecule has 2 amide bonds. The van der Waals surface area contributed by atoms with Crippen molar-refractivity contribution in [1.82, 2.24) is 4.98 Å². The average molecular weight is 349 g/mol. The number of rotatable bonds is 8. The first-order chi connectivity index (χ1) is 11.1. The summed E-state index contributed by atoms with van der Waals surface area (Å²) in [6.07, 6.45) is 1.34. The van der Waals surface area contributed by atoms with E-state index in [2.05, 4.69) is 29.4 Å². The molecule has 0 radical (unpaired) electrons. The van der Waals surface area contributed by atoms with Gasteiger partial charge >= 0.3 is 0 Å². The van der Waals surface area contributed by atoms with Gasteiger partial charge in [-0.1, -0.05) is 31.2 Å². The molecular formula is C16H19N3O2S2. The summed E-state index contributed by atoms with van der Waals surface area (Å²) in [6, 6.07) is 8.26. The highest BCUT2D eigenvalue weighted by atomic mass is 32.2. The largest absolute Gasteiger partial charge is 0.369 e. The molecule has 5 nitrogen and oxygen atoms in total. The van der Waals surface area contributed by atoms with Crippen LogP contribution in [0.25, 0.3) is 11.3 Å². The monoisotopic (exact) mass is 349 g/mol. The number of primary amides is 1. The number of thiazole rings is 1. The molecular weight excluding hydrogens is 330 g/mol. The first-order valence-corrected chi connectivity index (χ1v) is 9.32. The number of nitrogens with one attached hydrogen (secondary N) is 1. The van der Waals surface area contributed by atoms with Crippen molar-refractivity contribution in [3.8, 4) is 11.3 Å². The summed E-state index contributed by atoms with van der Waals surface area (Å²) in [5, 5.41) is 5.30. The number of hydrogen-bond acceptors (Lipinski definition) is 5. The van der Waals surface area contributed by atoms with Gasteiger partial charge in [0.1, 0.15) is 0 Å². The molecule has 1 heterocycles. The smallest absolute Gasteiger partial charge is 0.227 e. The van der Waals surface area contributed by atoms with Crippen molar-refractivity contribution in [2.45, 2.75) is 19.8 Å². The van der Waals surface area contributed by atoms with Crippen LogP contribution in [0.3, 0.4) is 0 Å². The Bertz CT molecular complexity index is 668. The molecule has 0 unspecified atom stereocenters. The predicted molar refractivity (Wildman–Crippen MR) is 96.7 cm³/mol. The maximum absolute atomic E-state index is 11.8. The van der Waals surface area contributed by atoms with E-state index in [1.165, 1.54) is 28.7 Å². The Morgan fingerprint density at radius 2 is 2.04 bits per heavy atom. The number of anilines is 1. The minimum atomic E-state index is -0.367. The summed E-state index contributed by atoms with van der Waals surface area (Å²) in [4.78, 5) is 26.9. The summed E-state index contributed by atoms with van der Waals surface area (Å²) in [7, 11) is 0. The van der Waals surface area contributed by atoms with Crippen molar-refractivity contribution >= 4 is 40.0 Å². The van der Waals surface area contributed by atoms with Crippen LogP contribution in [0.5, 0.6) is 0 Å². The molecule has 0 aliphatic heterocycles. The van der Waals surface area contributed by atoms with Gasteiger partial charge in [-0.2, -0.15) is 11.8 Å². The second-order valence-corrected chi connectivity index (χ2v) is 6.87.